The molecule has 1 aliphatic rings. The molecule has 1 saturated carbocycles. The van der Waals surface area contributed by atoms with Crippen LogP contribution in [0.4, 0.5) is 0 Å². The third-order valence-corrected chi connectivity index (χ3v) is 7.61. The molecular formula is C31H41N3O2. The predicted octanol–water partition coefficient (Wildman–Crippen LogP) is 7.13. The summed E-state index contributed by atoms with van der Waals surface area (Å²) < 4.78 is 1.76. The first kappa shape index (κ1) is 26.1. The molecule has 1 unspecified atom stereocenters. The molecular weight excluding hydrogens is 446 g/mol. The van der Waals surface area contributed by atoms with Crippen LogP contribution in [-0.2, 0) is 4.79 Å². The fourth-order valence-corrected chi connectivity index (χ4v) is 5.64. The van der Waals surface area contributed by atoms with Gasteiger partial charge in [0.25, 0.3) is 5.56 Å². The van der Waals surface area contributed by atoms with Gasteiger partial charge in [0.2, 0.25) is 5.91 Å². The molecule has 1 aromatic heterocycles. The number of para-hydroxylation sites is 1. The van der Waals surface area contributed by atoms with E-state index < -0.39 is 0 Å². The zero-order valence-corrected chi connectivity index (χ0v) is 22.2. The molecule has 192 valence electrons. The number of nitrogens with zero attached hydrogens (tertiary/aromatic N) is 3. The van der Waals surface area contributed by atoms with Crippen molar-refractivity contribution >= 4 is 16.8 Å². The molecule has 36 heavy (non-hydrogen) atoms. The third-order valence-electron chi connectivity index (χ3n) is 7.61. The van der Waals surface area contributed by atoms with Gasteiger partial charge < -0.3 is 4.90 Å². The fraction of sp³-hybridized carbons (Fsp3) is 0.516. The number of hydrogen-bond donors (Lipinski definition) is 0. The summed E-state index contributed by atoms with van der Waals surface area (Å²) in [5, 5.41) is 0.603. The quantitative estimate of drug-likeness (QED) is 0.286. The van der Waals surface area contributed by atoms with E-state index in [-0.39, 0.29) is 23.4 Å². The molecule has 0 spiro atoms. The first-order valence-corrected chi connectivity index (χ1v) is 13.9. The smallest absolute Gasteiger partial charge is 0.266 e. The number of hydrogen-bond acceptors (Lipinski definition) is 3. The van der Waals surface area contributed by atoms with E-state index in [2.05, 4.69) is 18.7 Å². The molecule has 0 aliphatic heterocycles. The van der Waals surface area contributed by atoms with E-state index in [0.29, 0.717) is 29.7 Å². The number of fused-ring (bicyclic) bond motifs is 1. The Morgan fingerprint density at radius 1 is 1.03 bits per heavy atom. The van der Waals surface area contributed by atoms with E-state index in [0.717, 1.165) is 56.2 Å². The molecule has 1 aliphatic carbocycles. The average Bonchev–Trinajstić information content (AvgIpc) is 2.90. The zero-order valence-electron chi connectivity index (χ0n) is 22.2. The summed E-state index contributed by atoms with van der Waals surface area (Å²) in [4.78, 5) is 35.0. The zero-order chi connectivity index (χ0) is 25.5. The first-order valence-electron chi connectivity index (χ1n) is 13.9. The highest BCUT2D eigenvalue weighted by Gasteiger charge is 2.33. The first-order chi connectivity index (χ1) is 17.5. The predicted molar refractivity (Wildman–Crippen MR) is 148 cm³/mol. The third kappa shape index (κ3) is 5.71. The maximum absolute atomic E-state index is 14.0. The highest BCUT2D eigenvalue weighted by atomic mass is 16.2. The van der Waals surface area contributed by atoms with Crippen LogP contribution in [0.3, 0.4) is 0 Å². The topological polar surface area (TPSA) is 55.2 Å². The molecule has 0 bridgehead atoms. The number of aryl methyl sites for hydroxylation is 1. The van der Waals surface area contributed by atoms with Gasteiger partial charge in [0.1, 0.15) is 5.82 Å². The summed E-state index contributed by atoms with van der Waals surface area (Å²) in [7, 11) is 0. The van der Waals surface area contributed by atoms with Crippen molar-refractivity contribution in [1.29, 1.82) is 0 Å². The molecule has 5 heteroatoms. The Labute approximate surface area is 215 Å². The lowest BCUT2D eigenvalue weighted by molar-refractivity contribution is -0.139. The summed E-state index contributed by atoms with van der Waals surface area (Å²) in [6, 6.07) is 15.3. The van der Waals surface area contributed by atoms with Crippen LogP contribution in [0.1, 0.15) is 95.5 Å². The summed E-state index contributed by atoms with van der Waals surface area (Å²) in [6.07, 6.45) is 10.5. The monoisotopic (exact) mass is 487 g/mol. The van der Waals surface area contributed by atoms with Gasteiger partial charge in [0.05, 0.1) is 22.6 Å². The highest BCUT2D eigenvalue weighted by molar-refractivity contribution is 5.80. The van der Waals surface area contributed by atoms with Crippen molar-refractivity contribution in [2.24, 2.45) is 5.92 Å². The van der Waals surface area contributed by atoms with Gasteiger partial charge in [-0.25, -0.2) is 4.98 Å². The maximum Gasteiger partial charge on any atom is 0.266 e. The largest absolute Gasteiger partial charge is 0.332 e. The van der Waals surface area contributed by atoms with Gasteiger partial charge in [-0.3, -0.25) is 14.2 Å². The number of rotatable bonds is 10. The van der Waals surface area contributed by atoms with E-state index in [9.17, 15) is 9.59 Å². The van der Waals surface area contributed by atoms with Gasteiger partial charge >= 0.3 is 0 Å². The Morgan fingerprint density at radius 2 is 1.81 bits per heavy atom. The second kappa shape index (κ2) is 12.3. The van der Waals surface area contributed by atoms with Crippen molar-refractivity contribution in [2.75, 3.05) is 6.54 Å². The van der Waals surface area contributed by atoms with E-state index in [1.165, 1.54) is 12.8 Å². The number of benzene rings is 2. The summed E-state index contributed by atoms with van der Waals surface area (Å²) >= 11 is 0. The lowest BCUT2D eigenvalue weighted by atomic mass is 9.87. The molecule has 0 radical (unpaired) electrons. The molecule has 1 amide bonds. The van der Waals surface area contributed by atoms with Gasteiger partial charge in [-0.15, -0.1) is 0 Å². The minimum Gasteiger partial charge on any atom is -0.332 e. The fourth-order valence-electron chi connectivity index (χ4n) is 5.64. The van der Waals surface area contributed by atoms with Gasteiger partial charge in [-0.2, -0.15) is 0 Å². The van der Waals surface area contributed by atoms with Gasteiger partial charge in [-0.1, -0.05) is 76.6 Å². The minimum atomic E-state index is -0.251. The molecule has 0 N–H and O–H groups in total. The lowest BCUT2D eigenvalue weighted by Crippen LogP contribution is -2.42. The number of carbonyl (C=O) groups excluding carboxylic acids is 1. The van der Waals surface area contributed by atoms with Crippen LogP contribution in [0.15, 0.2) is 53.3 Å². The summed E-state index contributed by atoms with van der Waals surface area (Å²) in [6.45, 7) is 7.07. The molecule has 4 rings (SSSR count). The minimum absolute atomic E-state index is 0.0734. The van der Waals surface area contributed by atoms with Crippen molar-refractivity contribution in [2.45, 2.75) is 91.0 Å². The van der Waals surface area contributed by atoms with Crippen LogP contribution in [0, 0.1) is 12.8 Å². The maximum atomic E-state index is 14.0. The standard InChI is InChI=1S/C31H41N3O2/c1-4-6-7-13-21-33(30(35)24-16-9-8-10-17-24)28(5-2)29-32-27-20-12-11-19-26(27)31(36)34(29)25-18-14-15-23(3)22-25/h11-12,14-15,18-20,22,24,28H,4-10,13,16-17,21H2,1-3H3. The SMILES string of the molecule is CCCCCCN(C(=O)C1CCCCC1)C(CC)c1nc2ccccc2c(=O)n1-c1cccc(C)c1. The molecule has 3 aromatic rings. The van der Waals surface area contributed by atoms with Crippen molar-refractivity contribution in [3.05, 3.63) is 70.3 Å². The van der Waals surface area contributed by atoms with Crippen LogP contribution >= 0.6 is 0 Å². The number of carbonyl (C=O) groups is 1. The molecule has 0 saturated heterocycles. The van der Waals surface area contributed by atoms with Crippen molar-refractivity contribution < 1.29 is 4.79 Å². The van der Waals surface area contributed by atoms with E-state index in [1.807, 2.05) is 55.5 Å². The van der Waals surface area contributed by atoms with Crippen LogP contribution in [0.25, 0.3) is 16.6 Å². The second-order valence-corrected chi connectivity index (χ2v) is 10.3. The van der Waals surface area contributed by atoms with Crippen LogP contribution in [-0.4, -0.2) is 26.9 Å². The van der Waals surface area contributed by atoms with E-state index >= 15 is 0 Å². The number of unbranched alkanes of at least 4 members (excludes halogenated alkanes) is 3. The second-order valence-electron chi connectivity index (χ2n) is 10.3. The Hall–Kier alpha value is -2.95. The van der Waals surface area contributed by atoms with E-state index in [1.54, 1.807) is 4.57 Å². The molecule has 1 fully saturated rings. The van der Waals surface area contributed by atoms with Crippen molar-refractivity contribution in [1.82, 2.24) is 14.5 Å². The highest BCUT2D eigenvalue weighted by Crippen LogP contribution is 2.32. The molecule has 5 nitrogen and oxygen atoms in total. The molecule has 2 aromatic carbocycles. The Morgan fingerprint density at radius 3 is 2.53 bits per heavy atom. The summed E-state index contributed by atoms with van der Waals surface area (Å²) in [5.41, 5.74) is 2.51. The number of amides is 1. The van der Waals surface area contributed by atoms with Crippen molar-refractivity contribution in [3.63, 3.8) is 0 Å². The van der Waals surface area contributed by atoms with Crippen molar-refractivity contribution in [3.8, 4) is 5.69 Å². The lowest BCUT2D eigenvalue weighted by Gasteiger charge is -2.36. The van der Waals surface area contributed by atoms with Gasteiger partial charge in [0, 0.05) is 12.5 Å². The molecule has 1 heterocycles. The molecule has 1 atom stereocenters. The van der Waals surface area contributed by atoms with Crippen LogP contribution < -0.4 is 5.56 Å². The summed E-state index contributed by atoms with van der Waals surface area (Å²) in [5.74, 6) is 1.00. The Kier molecular flexibility index (Phi) is 8.95. The Balaban J connectivity index is 1.84. The Bertz CT molecular complexity index is 1230. The van der Waals surface area contributed by atoms with Crippen LogP contribution in [0.2, 0.25) is 0 Å². The van der Waals surface area contributed by atoms with Gasteiger partial charge in [0.15, 0.2) is 0 Å². The average molecular weight is 488 g/mol. The number of aromatic nitrogens is 2. The normalized spacial score (nSPS) is 15.2. The van der Waals surface area contributed by atoms with Gasteiger partial charge in [-0.05, 0) is 62.4 Å². The van der Waals surface area contributed by atoms with Crippen LogP contribution in [0.5, 0.6) is 0 Å². The van der Waals surface area contributed by atoms with E-state index in [4.69, 9.17) is 4.98 Å².